The van der Waals surface area contributed by atoms with Crippen molar-refractivity contribution in [1.82, 2.24) is 10.2 Å². The molecule has 3 N–H and O–H groups in total. The summed E-state index contributed by atoms with van der Waals surface area (Å²) in [4.78, 5) is 2.30. The first-order valence-corrected chi connectivity index (χ1v) is 7.28. The van der Waals surface area contributed by atoms with E-state index in [0.29, 0.717) is 18.8 Å². The van der Waals surface area contributed by atoms with Gasteiger partial charge in [0.1, 0.15) is 0 Å². The number of piperazine rings is 1. The minimum atomic E-state index is 0. The molecule has 1 saturated heterocycles. The van der Waals surface area contributed by atoms with Gasteiger partial charge >= 0.3 is 0 Å². The summed E-state index contributed by atoms with van der Waals surface area (Å²) in [5.74, 6) is 0.717. The maximum Gasteiger partial charge on any atom is 0.162 e. The Bertz CT molecular complexity index is 425. The minimum Gasteiger partial charge on any atom is -0.504 e. The van der Waals surface area contributed by atoms with Crippen molar-refractivity contribution in [1.29, 1.82) is 0 Å². The number of nitrogens with one attached hydrogen (secondary N) is 1. The van der Waals surface area contributed by atoms with E-state index >= 15 is 0 Å². The van der Waals surface area contributed by atoms with Crippen LogP contribution in [0.2, 0.25) is 0 Å². The maximum absolute atomic E-state index is 10.4. The smallest absolute Gasteiger partial charge is 0.162 e. The van der Waals surface area contributed by atoms with Crippen molar-refractivity contribution in [3.8, 4) is 11.5 Å². The topological polar surface area (TPSA) is 65.0 Å². The monoisotopic (exact) mass is 316 g/mol. The largest absolute Gasteiger partial charge is 0.504 e. The minimum absolute atomic E-state index is 0. The molecule has 1 heterocycles. The molecule has 0 aromatic heterocycles. The number of hydrogen-bond acceptors (Lipinski definition) is 5. The summed E-state index contributed by atoms with van der Waals surface area (Å²) in [5, 5.41) is 23.1. The first-order chi connectivity index (χ1) is 9.77. The number of aliphatic hydroxyl groups excluding tert-OH is 1. The molecule has 2 rings (SSSR count). The predicted molar refractivity (Wildman–Crippen MR) is 85.4 cm³/mol. The van der Waals surface area contributed by atoms with Gasteiger partial charge in [-0.15, -0.1) is 12.4 Å². The van der Waals surface area contributed by atoms with Gasteiger partial charge in [0.25, 0.3) is 0 Å². The van der Waals surface area contributed by atoms with Gasteiger partial charge < -0.3 is 20.3 Å². The first-order valence-electron chi connectivity index (χ1n) is 7.28. The zero-order valence-electron chi connectivity index (χ0n) is 12.4. The Balaban J connectivity index is 0.00000220. The number of aromatic hydroxyl groups is 1. The standard InChI is InChI=1S/C15H24N2O3.ClH/c1-2-20-14-5-3-4-12(15(14)19)13(6-11-18)17-9-7-16-8-10-17;/h3-5,13,16,18-19H,2,6-11H2,1H3;1H/t13-;/m0./s1. The molecular weight excluding hydrogens is 292 g/mol. The highest BCUT2D eigenvalue weighted by atomic mass is 35.5. The number of para-hydroxylation sites is 1. The first kappa shape index (κ1) is 18.0. The molecule has 21 heavy (non-hydrogen) atoms. The number of ether oxygens (including phenoxy) is 1. The van der Waals surface area contributed by atoms with Crippen molar-refractivity contribution in [3.05, 3.63) is 23.8 Å². The molecule has 1 aliphatic rings. The van der Waals surface area contributed by atoms with Crippen molar-refractivity contribution < 1.29 is 14.9 Å². The zero-order valence-corrected chi connectivity index (χ0v) is 13.2. The summed E-state index contributed by atoms with van der Waals surface area (Å²) in [6.07, 6.45) is 0.614. The van der Waals surface area contributed by atoms with Gasteiger partial charge in [0.15, 0.2) is 11.5 Å². The van der Waals surface area contributed by atoms with Crippen LogP contribution in [0.15, 0.2) is 18.2 Å². The number of rotatable bonds is 6. The van der Waals surface area contributed by atoms with E-state index in [4.69, 9.17) is 4.74 Å². The van der Waals surface area contributed by atoms with E-state index in [2.05, 4.69) is 10.2 Å². The molecule has 0 radical (unpaired) electrons. The summed E-state index contributed by atoms with van der Waals surface area (Å²) in [5.41, 5.74) is 0.840. The Morgan fingerprint density at radius 3 is 2.67 bits per heavy atom. The van der Waals surface area contributed by atoms with Gasteiger partial charge in [0.2, 0.25) is 0 Å². The Morgan fingerprint density at radius 2 is 2.05 bits per heavy atom. The number of benzene rings is 1. The number of halogens is 1. The van der Waals surface area contributed by atoms with E-state index in [9.17, 15) is 10.2 Å². The fourth-order valence-electron chi connectivity index (χ4n) is 2.73. The SMILES string of the molecule is CCOc1cccc([C@H](CCO)N2CCNCC2)c1O.Cl. The lowest BCUT2D eigenvalue weighted by atomic mass is 10.00. The van der Waals surface area contributed by atoms with E-state index in [1.165, 1.54) is 0 Å². The van der Waals surface area contributed by atoms with Crippen molar-refractivity contribution in [2.45, 2.75) is 19.4 Å². The molecule has 1 fully saturated rings. The number of phenolic OH excluding ortho intramolecular Hbond substituents is 1. The third kappa shape index (κ3) is 4.48. The van der Waals surface area contributed by atoms with E-state index in [0.717, 1.165) is 31.7 Å². The summed E-state index contributed by atoms with van der Waals surface area (Å²) in [6, 6.07) is 5.62. The van der Waals surface area contributed by atoms with Crippen LogP contribution in [-0.4, -0.2) is 54.5 Å². The van der Waals surface area contributed by atoms with Gasteiger partial charge in [0.05, 0.1) is 6.61 Å². The second-order valence-corrected chi connectivity index (χ2v) is 4.94. The van der Waals surface area contributed by atoms with Crippen molar-refractivity contribution in [2.75, 3.05) is 39.4 Å². The average Bonchev–Trinajstić information content (AvgIpc) is 2.49. The zero-order chi connectivity index (χ0) is 14.4. The molecule has 0 bridgehead atoms. The van der Waals surface area contributed by atoms with E-state index < -0.39 is 0 Å². The Kier molecular flexibility index (Phi) is 7.82. The highest BCUT2D eigenvalue weighted by molar-refractivity contribution is 5.85. The molecule has 0 unspecified atom stereocenters. The van der Waals surface area contributed by atoms with Crippen LogP contribution in [0.3, 0.4) is 0 Å². The van der Waals surface area contributed by atoms with Gasteiger partial charge in [-0.3, -0.25) is 4.90 Å². The van der Waals surface area contributed by atoms with E-state index in [-0.39, 0.29) is 30.8 Å². The van der Waals surface area contributed by atoms with Crippen LogP contribution in [0.25, 0.3) is 0 Å². The molecule has 1 atom stereocenters. The van der Waals surface area contributed by atoms with E-state index in [1.54, 1.807) is 6.07 Å². The normalized spacial score (nSPS) is 17.0. The quantitative estimate of drug-likeness (QED) is 0.743. The molecule has 6 heteroatoms. The van der Waals surface area contributed by atoms with Crippen LogP contribution >= 0.6 is 12.4 Å². The third-order valence-corrected chi connectivity index (χ3v) is 3.68. The molecule has 0 saturated carbocycles. The Hall–Kier alpha value is -1.01. The molecule has 0 amide bonds. The fourth-order valence-corrected chi connectivity index (χ4v) is 2.73. The molecule has 1 aromatic rings. The highest BCUT2D eigenvalue weighted by Crippen LogP contribution is 2.37. The molecule has 1 aliphatic heterocycles. The molecular formula is C15H25ClN2O3. The predicted octanol–water partition coefficient (Wildman–Crippen LogP) is 1.54. The lowest BCUT2D eigenvalue weighted by Crippen LogP contribution is -2.45. The second kappa shape index (κ2) is 9.10. The number of nitrogens with zero attached hydrogens (tertiary/aromatic N) is 1. The molecule has 1 aromatic carbocycles. The molecule has 120 valence electrons. The van der Waals surface area contributed by atoms with Gasteiger partial charge in [-0.1, -0.05) is 12.1 Å². The highest BCUT2D eigenvalue weighted by Gasteiger charge is 2.25. The van der Waals surface area contributed by atoms with Gasteiger partial charge in [-0.2, -0.15) is 0 Å². The van der Waals surface area contributed by atoms with E-state index in [1.807, 2.05) is 19.1 Å². The number of hydrogen-bond donors (Lipinski definition) is 3. The number of aliphatic hydroxyl groups is 1. The van der Waals surface area contributed by atoms with Gasteiger partial charge in [-0.05, 0) is 19.4 Å². The fraction of sp³-hybridized carbons (Fsp3) is 0.600. The summed E-state index contributed by atoms with van der Waals surface area (Å²) < 4.78 is 5.45. The lowest BCUT2D eigenvalue weighted by Gasteiger charge is -2.35. The number of phenols is 1. The van der Waals surface area contributed by atoms with Crippen molar-refractivity contribution in [3.63, 3.8) is 0 Å². The summed E-state index contributed by atoms with van der Waals surface area (Å²) in [6.45, 7) is 6.24. The van der Waals surface area contributed by atoms with Crippen LogP contribution in [0.1, 0.15) is 24.9 Å². The molecule has 5 nitrogen and oxygen atoms in total. The van der Waals surface area contributed by atoms with Crippen LogP contribution < -0.4 is 10.1 Å². The Labute approximate surface area is 132 Å². The summed E-state index contributed by atoms with van der Waals surface area (Å²) in [7, 11) is 0. The van der Waals surface area contributed by atoms with Crippen LogP contribution in [0.5, 0.6) is 11.5 Å². The summed E-state index contributed by atoms with van der Waals surface area (Å²) >= 11 is 0. The van der Waals surface area contributed by atoms with Gasteiger partial charge in [-0.25, -0.2) is 0 Å². The van der Waals surface area contributed by atoms with Crippen molar-refractivity contribution in [2.24, 2.45) is 0 Å². The molecule has 0 spiro atoms. The van der Waals surface area contributed by atoms with Gasteiger partial charge in [0, 0.05) is 44.4 Å². The molecule has 0 aliphatic carbocycles. The second-order valence-electron chi connectivity index (χ2n) is 4.94. The maximum atomic E-state index is 10.4. The Morgan fingerprint density at radius 1 is 1.33 bits per heavy atom. The van der Waals surface area contributed by atoms with Crippen molar-refractivity contribution >= 4 is 12.4 Å². The van der Waals surface area contributed by atoms with Crippen LogP contribution in [0.4, 0.5) is 0 Å². The average molecular weight is 317 g/mol. The third-order valence-electron chi connectivity index (χ3n) is 3.68. The van der Waals surface area contributed by atoms with Crippen LogP contribution in [0, 0.1) is 0 Å². The van der Waals surface area contributed by atoms with Crippen LogP contribution in [-0.2, 0) is 0 Å². The lowest BCUT2D eigenvalue weighted by molar-refractivity contribution is 0.138.